The normalized spacial score (nSPS) is 31.8. The minimum absolute atomic E-state index is 0.504. The highest BCUT2D eigenvalue weighted by Crippen LogP contribution is 2.52. The molecule has 2 aliphatic carbocycles. The third-order valence-electron chi connectivity index (χ3n) is 4.85. The van der Waals surface area contributed by atoms with Gasteiger partial charge in [0.2, 0.25) is 0 Å². The van der Waals surface area contributed by atoms with E-state index >= 15 is 0 Å². The number of benzene rings is 1. The van der Waals surface area contributed by atoms with E-state index < -0.39 is 0 Å². The molecule has 2 heteroatoms. The zero-order chi connectivity index (χ0) is 12.5. The van der Waals surface area contributed by atoms with Crippen molar-refractivity contribution in [1.82, 2.24) is 5.32 Å². The fourth-order valence-corrected chi connectivity index (χ4v) is 4.34. The van der Waals surface area contributed by atoms with Crippen molar-refractivity contribution >= 4 is 11.6 Å². The van der Waals surface area contributed by atoms with E-state index in [9.17, 15) is 0 Å². The second-order valence-corrected chi connectivity index (χ2v) is 6.37. The predicted octanol–water partition coefficient (Wildman–Crippen LogP) is 4.43. The summed E-state index contributed by atoms with van der Waals surface area (Å²) < 4.78 is 0. The Morgan fingerprint density at radius 2 is 2.22 bits per heavy atom. The maximum atomic E-state index is 6.15. The first-order valence-corrected chi connectivity index (χ1v) is 7.64. The number of hydrogen-bond donors (Lipinski definition) is 1. The van der Waals surface area contributed by atoms with Crippen LogP contribution in [0, 0.1) is 17.8 Å². The van der Waals surface area contributed by atoms with Crippen molar-refractivity contribution < 1.29 is 0 Å². The standard InChI is InChI=1S/C16H22ClN/c1-2-18-16(13-4-3-5-14(17)10-13)15-9-11-6-7-12(15)8-11/h3-5,10-12,15-16,18H,2,6-9H2,1H3. The number of nitrogens with one attached hydrogen (secondary N) is 1. The minimum Gasteiger partial charge on any atom is -0.310 e. The topological polar surface area (TPSA) is 12.0 Å². The Kier molecular flexibility index (Phi) is 3.63. The molecule has 0 saturated heterocycles. The van der Waals surface area contributed by atoms with Gasteiger partial charge in [0.25, 0.3) is 0 Å². The monoisotopic (exact) mass is 263 g/mol. The Morgan fingerprint density at radius 3 is 2.83 bits per heavy atom. The summed E-state index contributed by atoms with van der Waals surface area (Å²) in [7, 11) is 0. The lowest BCUT2D eigenvalue weighted by molar-refractivity contribution is 0.253. The minimum atomic E-state index is 0.504. The Labute approximate surface area is 115 Å². The van der Waals surface area contributed by atoms with Crippen LogP contribution >= 0.6 is 11.6 Å². The number of fused-ring (bicyclic) bond motifs is 2. The van der Waals surface area contributed by atoms with Crippen LogP contribution in [0.4, 0.5) is 0 Å². The largest absolute Gasteiger partial charge is 0.310 e. The highest BCUT2D eigenvalue weighted by Gasteiger charge is 2.43. The van der Waals surface area contributed by atoms with Gasteiger partial charge in [-0.15, -0.1) is 0 Å². The number of hydrogen-bond acceptors (Lipinski definition) is 1. The van der Waals surface area contributed by atoms with Crippen molar-refractivity contribution in [3.63, 3.8) is 0 Å². The van der Waals surface area contributed by atoms with Crippen molar-refractivity contribution in [3.8, 4) is 0 Å². The van der Waals surface area contributed by atoms with E-state index in [2.05, 4.69) is 30.4 Å². The molecule has 0 spiro atoms. The first-order valence-electron chi connectivity index (χ1n) is 7.26. The van der Waals surface area contributed by atoms with Crippen LogP contribution in [-0.2, 0) is 0 Å². The van der Waals surface area contributed by atoms with Crippen LogP contribution in [0.1, 0.15) is 44.2 Å². The molecule has 1 aromatic rings. The van der Waals surface area contributed by atoms with Crippen LogP contribution in [0.2, 0.25) is 5.02 Å². The molecule has 0 aliphatic heterocycles. The van der Waals surface area contributed by atoms with E-state index in [0.29, 0.717) is 6.04 Å². The van der Waals surface area contributed by atoms with E-state index in [4.69, 9.17) is 11.6 Å². The second kappa shape index (κ2) is 5.22. The quantitative estimate of drug-likeness (QED) is 0.848. The van der Waals surface area contributed by atoms with Gasteiger partial charge in [-0.25, -0.2) is 0 Å². The Hall–Kier alpha value is -0.530. The summed E-state index contributed by atoms with van der Waals surface area (Å²) in [6.45, 7) is 3.23. The number of halogens is 1. The summed E-state index contributed by atoms with van der Waals surface area (Å²) >= 11 is 6.15. The zero-order valence-electron chi connectivity index (χ0n) is 11.0. The lowest BCUT2D eigenvalue weighted by atomic mass is 9.80. The van der Waals surface area contributed by atoms with Gasteiger partial charge in [-0.2, -0.15) is 0 Å². The molecule has 18 heavy (non-hydrogen) atoms. The van der Waals surface area contributed by atoms with E-state index in [-0.39, 0.29) is 0 Å². The van der Waals surface area contributed by atoms with Gasteiger partial charge in [-0.3, -0.25) is 0 Å². The van der Waals surface area contributed by atoms with Crippen molar-refractivity contribution in [3.05, 3.63) is 34.9 Å². The van der Waals surface area contributed by atoms with Crippen molar-refractivity contribution in [2.45, 2.75) is 38.6 Å². The molecular weight excluding hydrogens is 242 g/mol. The molecule has 98 valence electrons. The van der Waals surface area contributed by atoms with Gasteiger partial charge in [-0.1, -0.05) is 37.1 Å². The van der Waals surface area contributed by atoms with Gasteiger partial charge in [0, 0.05) is 11.1 Å². The summed E-state index contributed by atoms with van der Waals surface area (Å²) in [4.78, 5) is 0. The van der Waals surface area contributed by atoms with Crippen LogP contribution in [0.3, 0.4) is 0 Å². The van der Waals surface area contributed by atoms with Crippen LogP contribution < -0.4 is 5.32 Å². The van der Waals surface area contributed by atoms with Crippen molar-refractivity contribution in [2.24, 2.45) is 17.8 Å². The molecule has 0 amide bonds. The smallest absolute Gasteiger partial charge is 0.0409 e. The molecule has 4 atom stereocenters. The summed E-state index contributed by atoms with van der Waals surface area (Å²) in [5.41, 5.74) is 1.38. The average Bonchev–Trinajstić information content (AvgIpc) is 2.98. The molecule has 0 aromatic heterocycles. The van der Waals surface area contributed by atoms with Gasteiger partial charge in [-0.05, 0) is 61.3 Å². The van der Waals surface area contributed by atoms with Crippen LogP contribution in [0.15, 0.2) is 24.3 Å². The Balaban J connectivity index is 1.84. The lowest BCUT2D eigenvalue weighted by Crippen LogP contribution is -2.31. The predicted molar refractivity (Wildman–Crippen MR) is 76.8 cm³/mol. The molecular formula is C16H22ClN. The third kappa shape index (κ3) is 2.31. The van der Waals surface area contributed by atoms with Gasteiger partial charge in [0.15, 0.2) is 0 Å². The molecule has 2 saturated carbocycles. The van der Waals surface area contributed by atoms with Gasteiger partial charge >= 0.3 is 0 Å². The SMILES string of the molecule is CCNC(c1cccc(Cl)c1)C1CC2CCC1C2. The molecule has 0 heterocycles. The van der Waals surface area contributed by atoms with Crippen molar-refractivity contribution in [1.29, 1.82) is 0 Å². The van der Waals surface area contributed by atoms with Crippen LogP contribution in [0.25, 0.3) is 0 Å². The molecule has 1 N–H and O–H groups in total. The molecule has 2 bridgehead atoms. The molecule has 3 rings (SSSR count). The Morgan fingerprint density at radius 1 is 1.33 bits per heavy atom. The summed E-state index contributed by atoms with van der Waals surface area (Å²) in [5.74, 6) is 2.76. The summed E-state index contributed by atoms with van der Waals surface area (Å²) in [5, 5.41) is 4.55. The van der Waals surface area contributed by atoms with E-state index in [1.807, 2.05) is 6.07 Å². The van der Waals surface area contributed by atoms with Gasteiger partial charge in [0.05, 0.1) is 0 Å². The van der Waals surface area contributed by atoms with Crippen LogP contribution in [0.5, 0.6) is 0 Å². The molecule has 1 aromatic carbocycles. The lowest BCUT2D eigenvalue weighted by Gasteiger charge is -2.31. The van der Waals surface area contributed by atoms with Gasteiger partial charge in [0.1, 0.15) is 0 Å². The fraction of sp³-hybridized carbons (Fsp3) is 0.625. The van der Waals surface area contributed by atoms with E-state index in [1.165, 1.54) is 31.2 Å². The highest BCUT2D eigenvalue weighted by atomic mass is 35.5. The van der Waals surface area contributed by atoms with E-state index in [0.717, 1.165) is 29.3 Å². The fourth-order valence-electron chi connectivity index (χ4n) is 4.14. The van der Waals surface area contributed by atoms with Crippen molar-refractivity contribution in [2.75, 3.05) is 6.54 Å². The summed E-state index contributed by atoms with van der Waals surface area (Å²) in [6, 6.07) is 8.92. The first kappa shape index (κ1) is 12.5. The number of rotatable bonds is 4. The van der Waals surface area contributed by atoms with E-state index in [1.54, 1.807) is 0 Å². The molecule has 2 fully saturated rings. The molecule has 2 aliphatic rings. The maximum Gasteiger partial charge on any atom is 0.0409 e. The average molecular weight is 264 g/mol. The maximum absolute atomic E-state index is 6.15. The molecule has 0 radical (unpaired) electrons. The highest BCUT2D eigenvalue weighted by molar-refractivity contribution is 6.30. The summed E-state index contributed by atoms with van der Waals surface area (Å²) in [6.07, 6.45) is 5.79. The first-order chi connectivity index (χ1) is 8.78. The Bertz CT molecular complexity index is 417. The van der Waals surface area contributed by atoms with Crippen LogP contribution in [-0.4, -0.2) is 6.54 Å². The third-order valence-corrected chi connectivity index (χ3v) is 5.09. The molecule has 1 nitrogen and oxygen atoms in total. The zero-order valence-corrected chi connectivity index (χ0v) is 11.8. The molecule has 4 unspecified atom stereocenters. The second-order valence-electron chi connectivity index (χ2n) is 5.93. The van der Waals surface area contributed by atoms with Gasteiger partial charge < -0.3 is 5.32 Å².